The molecule has 0 aliphatic rings. The van der Waals surface area contributed by atoms with Gasteiger partial charge in [-0.05, 0) is 25.1 Å². The second kappa shape index (κ2) is 4.68. The Morgan fingerprint density at radius 3 is 2.69 bits per heavy atom. The lowest BCUT2D eigenvalue weighted by molar-refractivity contribution is 0.594. The third-order valence-electron chi connectivity index (χ3n) is 1.83. The number of sulfonamides is 1. The van der Waals surface area contributed by atoms with Crippen molar-refractivity contribution in [3.63, 3.8) is 0 Å². The molecule has 86 valence electrons. The lowest BCUT2D eigenvalue weighted by atomic mass is 10.3. The smallest absolute Gasteiger partial charge is 0.248 e. The maximum Gasteiger partial charge on any atom is 0.248 e. The van der Waals surface area contributed by atoms with Crippen molar-refractivity contribution in [2.24, 2.45) is 0 Å². The van der Waals surface area contributed by atoms with Crippen molar-refractivity contribution >= 4 is 27.3 Å². The molecule has 4 nitrogen and oxygen atoms in total. The van der Waals surface area contributed by atoms with Gasteiger partial charge in [0.2, 0.25) is 10.0 Å². The van der Waals surface area contributed by atoms with E-state index >= 15 is 0 Å². The van der Waals surface area contributed by atoms with Crippen LogP contribution in [0.15, 0.2) is 18.2 Å². The molecule has 0 radical (unpaired) electrons. The molecule has 1 unspecified atom stereocenters. The molecule has 0 aliphatic carbocycles. The summed E-state index contributed by atoms with van der Waals surface area (Å²) >= 11 is 5.51. The van der Waals surface area contributed by atoms with Gasteiger partial charge in [-0.2, -0.15) is 5.26 Å². The molecule has 0 bridgehead atoms. The Balaban J connectivity index is 3.03. The fourth-order valence-corrected chi connectivity index (χ4v) is 1.83. The molecule has 0 heterocycles. The van der Waals surface area contributed by atoms with E-state index in [4.69, 9.17) is 16.9 Å². The predicted octanol–water partition coefficient (Wildman–Crippen LogP) is 2.13. The Labute approximate surface area is 97.7 Å². The Morgan fingerprint density at radius 2 is 2.19 bits per heavy atom. The lowest BCUT2D eigenvalue weighted by Crippen LogP contribution is -2.24. The molecule has 0 aromatic heterocycles. The summed E-state index contributed by atoms with van der Waals surface area (Å²) in [5, 5.41) is 7.38. The van der Waals surface area contributed by atoms with Gasteiger partial charge in [-0.25, -0.2) is 12.8 Å². The van der Waals surface area contributed by atoms with Crippen LogP contribution in [0.2, 0.25) is 5.02 Å². The highest BCUT2D eigenvalue weighted by atomic mass is 35.5. The van der Waals surface area contributed by atoms with Gasteiger partial charge in [0.15, 0.2) is 5.25 Å². The molecule has 0 aliphatic heterocycles. The quantitative estimate of drug-likeness (QED) is 0.907. The van der Waals surface area contributed by atoms with Gasteiger partial charge in [0, 0.05) is 5.02 Å². The summed E-state index contributed by atoms with van der Waals surface area (Å²) < 4.78 is 38.1. The number of rotatable bonds is 3. The third kappa shape index (κ3) is 2.84. The molecule has 1 rings (SSSR count). The topological polar surface area (TPSA) is 70.0 Å². The number of hydrogen-bond acceptors (Lipinski definition) is 3. The second-order valence-corrected chi connectivity index (χ2v) is 5.48. The summed E-state index contributed by atoms with van der Waals surface area (Å²) in [6.45, 7) is 1.20. The molecule has 16 heavy (non-hydrogen) atoms. The summed E-state index contributed by atoms with van der Waals surface area (Å²) in [5.74, 6) is -0.791. The molecule has 1 aromatic carbocycles. The van der Waals surface area contributed by atoms with Crippen LogP contribution in [0.5, 0.6) is 0 Å². The summed E-state index contributed by atoms with van der Waals surface area (Å²) in [4.78, 5) is 0. The summed E-state index contributed by atoms with van der Waals surface area (Å²) in [6.07, 6.45) is 0. The number of nitrogens with one attached hydrogen (secondary N) is 1. The van der Waals surface area contributed by atoms with Crippen molar-refractivity contribution in [2.45, 2.75) is 12.2 Å². The van der Waals surface area contributed by atoms with Crippen LogP contribution in [0.4, 0.5) is 10.1 Å². The van der Waals surface area contributed by atoms with Gasteiger partial charge in [0.25, 0.3) is 0 Å². The van der Waals surface area contributed by atoms with Gasteiger partial charge in [0.05, 0.1) is 11.8 Å². The van der Waals surface area contributed by atoms with E-state index in [-0.39, 0.29) is 10.7 Å². The molecule has 1 aromatic rings. The van der Waals surface area contributed by atoms with Crippen LogP contribution in [0.25, 0.3) is 0 Å². The maximum absolute atomic E-state index is 13.3. The molecule has 1 N–H and O–H groups in total. The Morgan fingerprint density at radius 1 is 1.56 bits per heavy atom. The van der Waals surface area contributed by atoms with Crippen LogP contribution in [-0.2, 0) is 10.0 Å². The first kappa shape index (κ1) is 12.7. The van der Waals surface area contributed by atoms with Gasteiger partial charge >= 0.3 is 0 Å². The summed E-state index contributed by atoms with van der Waals surface area (Å²) in [5.41, 5.74) is -0.230. The predicted molar refractivity (Wildman–Crippen MR) is 59.0 cm³/mol. The fourth-order valence-electron chi connectivity index (χ4n) is 0.883. The van der Waals surface area contributed by atoms with Crippen molar-refractivity contribution in [3.8, 4) is 6.07 Å². The summed E-state index contributed by atoms with van der Waals surface area (Å²) in [7, 11) is -3.89. The first-order valence-electron chi connectivity index (χ1n) is 4.23. The van der Waals surface area contributed by atoms with E-state index in [1.165, 1.54) is 19.1 Å². The number of benzene rings is 1. The zero-order valence-electron chi connectivity index (χ0n) is 8.24. The van der Waals surface area contributed by atoms with Crippen LogP contribution in [-0.4, -0.2) is 13.7 Å². The molecule has 0 saturated heterocycles. The minimum absolute atomic E-state index is 0.161. The Bertz CT molecular complexity index is 539. The molecule has 0 spiro atoms. The lowest BCUT2D eigenvalue weighted by Gasteiger charge is -2.09. The van der Waals surface area contributed by atoms with Gasteiger partial charge in [-0.3, -0.25) is 4.72 Å². The number of nitrogens with zero attached hydrogens (tertiary/aromatic N) is 1. The largest absolute Gasteiger partial charge is 0.279 e. The molecule has 1 atom stereocenters. The van der Waals surface area contributed by atoms with Gasteiger partial charge in [0.1, 0.15) is 5.82 Å². The maximum atomic E-state index is 13.3. The van der Waals surface area contributed by atoms with E-state index in [1.807, 2.05) is 4.72 Å². The van der Waals surface area contributed by atoms with Crippen molar-refractivity contribution in [2.75, 3.05) is 4.72 Å². The zero-order chi connectivity index (χ0) is 12.3. The van der Waals surface area contributed by atoms with Crippen molar-refractivity contribution in [3.05, 3.63) is 29.0 Å². The molecule has 7 heteroatoms. The normalized spacial score (nSPS) is 12.9. The van der Waals surface area contributed by atoms with E-state index in [9.17, 15) is 12.8 Å². The van der Waals surface area contributed by atoms with E-state index in [0.717, 1.165) is 6.07 Å². The van der Waals surface area contributed by atoms with E-state index in [2.05, 4.69) is 0 Å². The molecule has 0 amide bonds. The van der Waals surface area contributed by atoms with Gasteiger partial charge in [-0.1, -0.05) is 11.6 Å². The molecular formula is C9H8ClFN2O2S. The molecular weight excluding hydrogens is 255 g/mol. The first-order valence-corrected chi connectivity index (χ1v) is 6.15. The van der Waals surface area contributed by atoms with Crippen LogP contribution in [0.3, 0.4) is 0 Å². The van der Waals surface area contributed by atoms with Crippen molar-refractivity contribution in [1.82, 2.24) is 0 Å². The van der Waals surface area contributed by atoms with Crippen molar-refractivity contribution < 1.29 is 12.8 Å². The van der Waals surface area contributed by atoms with Gasteiger partial charge < -0.3 is 0 Å². The van der Waals surface area contributed by atoms with Crippen LogP contribution in [0.1, 0.15) is 6.92 Å². The van der Waals surface area contributed by atoms with E-state index in [1.54, 1.807) is 6.07 Å². The number of halogens is 2. The third-order valence-corrected chi connectivity index (χ3v) is 3.61. The van der Waals surface area contributed by atoms with Gasteiger partial charge in [-0.15, -0.1) is 0 Å². The minimum atomic E-state index is -3.89. The highest BCUT2D eigenvalue weighted by Crippen LogP contribution is 2.20. The average Bonchev–Trinajstić information content (AvgIpc) is 2.21. The SMILES string of the molecule is CC(C#N)S(=O)(=O)Nc1ccc(Cl)cc1F. The number of hydrogen-bond donors (Lipinski definition) is 1. The Hall–Kier alpha value is -1.32. The van der Waals surface area contributed by atoms with E-state index in [0.29, 0.717) is 0 Å². The number of nitriles is 1. The van der Waals surface area contributed by atoms with Crippen LogP contribution < -0.4 is 4.72 Å². The van der Waals surface area contributed by atoms with Crippen LogP contribution >= 0.6 is 11.6 Å². The Kier molecular flexibility index (Phi) is 3.73. The molecule has 0 fully saturated rings. The van der Waals surface area contributed by atoms with Crippen molar-refractivity contribution in [1.29, 1.82) is 5.26 Å². The number of anilines is 1. The fraction of sp³-hybridized carbons (Fsp3) is 0.222. The summed E-state index contributed by atoms with van der Waals surface area (Å²) in [6, 6.07) is 5.08. The highest BCUT2D eigenvalue weighted by molar-refractivity contribution is 7.93. The second-order valence-electron chi connectivity index (χ2n) is 3.04. The minimum Gasteiger partial charge on any atom is -0.279 e. The average molecular weight is 263 g/mol. The van der Waals surface area contributed by atoms with E-state index < -0.39 is 21.1 Å². The molecule has 0 saturated carbocycles. The standard InChI is InChI=1S/C9H8ClFN2O2S/c1-6(5-12)16(14,15)13-9-3-2-7(10)4-8(9)11/h2-4,6,13H,1H3. The monoisotopic (exact) mass is 262 g/mol. The van der Waals surface area contributed by atoms with Crippen LogP contribution in [0, 0.1) is 17.1 Å². The highest BCUT2D eigenvalue weighted by Gasteiger charge is 2.21. The zero-order valence-corrected chi connectivity index (χ0v) is 9.81. The first-order chi connectivity index (χ1) is 7.36.